The summed E-state index contributed by atoms with van der Waals surface area (Å²) in [5.41, 5.74) is 18.4. The highest BCUT2D eigenvalue weighted by Gasteiger charge is 2.25. The lowest BCUT2D eigenvalue weighted by molar-refractivity contribution is 1.30. The summed E-state index contributed by atoms with van der Waals surface area (Å²) in [5.74, 6) is 0. The lowest BCUT2D eigenvalue weighted by Gasteiger charge is -2.30. The van der Waals surface area contributed by atoms with Crippen LogP contribution in [0, 0.1) is 0 Å². The van der Waals surface area contributed by atoms with Gasteiger partial charge in [0.1, 0.15) is 0 Å². The molecular weight excluding hydrogens is 1060 g/mol. The molecule has 0 radical (unpaired) electrons. The van der Waals surface area contributed by atoms with Crippen molar-refractivity contribution in [2.24, 2.45) is 0 Å². The van der Waals surface area contributed by atoms with Crippen molar-refractivity contribution in [2.45, 2.75) is 0 Å². The predicted octanol–water partition coefficient (Wildman–Crippen LogP) is 22.7. The van der Waals surface area contributed by atoms with E-state index in [4.69, 9.17) is 0 Å². The molecule has 0 unspecified atom stereocenters. The molecule has 4 heterocycles. The number of thiophene rings is 2. The first kappa shape index (κ1) is 49.3. The molecular formula is C78H50N4S2. The first-order chi connectivity index (χ1) is 41.7. The van der Waals surface area contributed by atoms with Crippen LogP contribution in [0.25, 0.3) is 118 Å². The van der Waals surface area contributed by atoms with Crippen molar-refractivity contribution in [2.75, 3.05) is 9.80 Å². The van der Waals surface area contributed by atoms with Crippen LogP contribution < -0.4 is 9.80 Å². The SMILES string of the molecule is c1ccc(-c2sc3cc(N(c4cccc(-c5ccncc5)c4)c4ccc5ccc6c(N(c7cccc(-c8ccncc8)c7)c7ccc8c(-c9ccccc9)c(-c9ccccc9)sc8c7)ccc7ccc4c5c76)ccc3c2-c2ccccc2)cc1. The van der Waals surface area contributed by atoms with Crippen LogP contribution in [0.1, 0.15) is 0 Å². The average molecular weight is 1110 g/mol. The number of hydrogen-bond donors (Lipinski definition) is 0. The number of aromatic nitrogens is 2. The minimum Gasteiger partial charge on any atom is -0.310 e. The van der Waals surface area contributed by atoms with Crippen molar-refractivity contribution in [1.29, 1.82) is 0 Å². The highest BCUT2D eigenvalue weighted by Crippen LogP contribution is 2.52. The maximum absolute atomic E-state index is 4.37. The van der Waals surface area contributed by atoms with Crippen LogP contribution in [0.15, 0.2) is 304 Å². The molecule has 0 saturated heterocycles. The number of hydrogen-bond acceptors (Lipinski definition) is 6. The molecule has 12 aromatic carbocycles. The fourth-order valence-electron chi connectivity index (χ4n) is 12.6. The Morgan fingerprint density at radius 2 is 0.595 bits per heavy atom. The van der Waals surface area contributed by atoms with Crippen LogP contribution in [0.4, 0.5) is 34.1 Å². The van der Waals surface area contributed by atoms with Gasteiger partial charge in [-0.15, -0.1) is 22.7 Å². The zero-order chi connectivity index (χ0) is 55.5. The molecule has 6 heteroatoms. The molecule has 16 aromatic rings. The summed E-state index contributed by atoms with van der Waals surface area (Å²) >= 11 is 3.73. The van der Waals surface area contributed by atoms with Crippen LogP contribution in [0.5, 0.6) is 0 Å². The average Bonchev–Trinajstić information content (AvgIpc) is 1.96. The monoisotopic (exact) mass is 1110 g/mol. The first-order valence-corrected chi connectivity index (χ1v) is 30.0. The van der Waals surface area contributed by atoms with Crippen molar-refractivity contribution in [3.63, 3.8) is 0 Å². The number of benzene rings is 12. The number of rotatable bonds is 12. The summed E-state index contributed by atoms with van der Waals surface area (Å²) in [5, 5.41) is 9.67. The molecule has 0 spiro atoms. The maximum Gasteiger partial charge on any atom is 0.0540 e. The zero-order valence-corrected chi connectivity index (χ0v) is 47.1. The molecule has 0 saturated carbocycles. The van der Waals surface area contributed by atoms with Crippen molar-refractivity contribution < 1.29 is 0 Å². The Bertz CT molecular complexity index is 4740. The molecule has 0 aliphatic rings. The van der Waals surface area contributed by atoms with Gasteiger partial charge in [-0.3, -0.25) is 9.97 Å². The van der Waals surface area contributed by atoms with Gasteiger partial charge in [0.05, 0.1) is 11.4 Å². The Kier molecular flexibility index (Phi) is 12.2. The molecule has 0 bridgehead atoms. The van der Waals surface area contributed by atoms with Gasteiger partial charge in [-0.2, -0.15) is 0 Å². The molecule has 0 amide bonds. The van der Waals surface area contributed by atoms with E-state index >= 15 is 0 Å². The topological polar surface area (TPSA) is 32.3 Å². The molecule has 16 rings (SSSR count). The summed E-state index contributed by atoms with van der Waals surface area (Å²) in [6.45, 7) is 0. The van der Waals surface area contributed by atoms with Crippen LogP contribution >= 0.6 is 22.7 Å². The summed E-state index contributed by atoms with van der Waals surface area (Å²) in [6.07, 6.45) is 7.49. The van der Waals surface area contributed by atoms with Crippen LogP contribution in [0.2, 0.25) is 0 Å². The van der Waals surface area contributed by atoms with Gasteiger partial charge in [0.2, 0.25) is 0 Å². The third-order valence-corrected chi connectivity index (χ3v) is 18.8. The van der Waals surface area contributed by atoms with Gasteiger partial charge < -0.3 is 9.80 Å². The smallest absolute Gasteiger partial charge is 0.0540 e. The Balaban J connectivity index is 0.912. The zero-order valence-electron chi connectivity index (χ0n) is 45.5. The molecule has 0 aliphatic heterocycles. The highest BCUT2D eigenvalue weighted by molar-refractivity contribution is 7.23. The van der Waals surface area contributed by atoms with Gasteiger partial charge in [0.25, 0.3) is 0 Å². The predicted molar refractivity (Wildman–Crippen MR) is 358 cm³/mol. The van der Waals surface area contributed by atoms with E-state index < -0.39 is 0 Å². The Hall–Kier alpha value is -10.5. The largest absolute Gasteiger partial charge is 0.310 e. The van der Waals surface area contributed by atoms with Gasteiger partial charge in [-0.05, 0) is 151 Å². The quantitative estimate of drug-likeness (QED) is 0.114. The van der Waals surface area contributed by atoms with E-state index in [0.717, 1.165) is 56.4 Å². The van der Waals surface area contributed by atoms with Gasteiger partial charge in [-0.25, -0.2) is 0 Å². The number of pyridine rings is 2. The molecule has 0 atom stereocenters. The van der Waals surface area contributed by atoms with E-state index in [-0.39, 0.29) is 0 Å². The van der Waals surface area contributed by atoms with E-state index in [1.54, 1.807) is 0 Å². The third kappa shape index (κ3) is 8.58. The van der Waals surface area contributed by atoms with Crippen molar-refractivity contribution in [1.82, 2.24) is 9.97 Å². The van der Waals surface area contributed by atoms with E-state index in [0.29, 0.717) is 0 Å². The van der Waals surface area contributed by atoms with E-state index in [1.807, 2.05) is 47.5 Å². The molecule has 4 nitrogen and oxygen atoms in total. The summed E-state index contributed by atoms with van der Waals surface area (Å²) < 4.78 is 2.45. The fraction of sp³-hybridized carbons (Fsp3) is 0. The molecule has 0 N–H and O–H groups in total. The van der Waals surface area contributed by atoms with E-state index in [2.05, 4.69) is 299 Å². The van der Waals surface area contributed by atoms with Gasteiger partial charge >= 0.3 is 0 Å². The second kappa shape index (κ2) is 20.8. The number of anilines is 6. The summed E-state index contributed by atoms with van der Waals surface area (Å²) in [7, 11) is 0. The fourth-order valence-corrected chi connectivity index (χ4v) is 15.1. The van der Waals surface area contributed by atoms with Gasteiger partial charge in [-0.1, -0.05) is 194 Å². The van der Waals surface area contributed by atoms with Gasteiger partial charge in [0, 0.05) is 99.4 Å². The van der Waals surface area contributed by atoms with Crippen LogP contribution in [-0.4, -0.2) is 9.97 Å². The maximum atomic E-state index is 4.37. The number of fused-ring (bicyclic) bond motifs is 2. The Morgan fingerprint density at radius 1 is 0.250 bits per heavy atom. The number of nitrogens with zero attached hydrogens (tertiary/aromatic N) is 4. The Morgan fingerprint density at radius 3 is 1.00 bits per heavy atom. The minimum atomic E-state index is 1.07. The lowest BCUT2D eigenvalue weighted by atomic mass is 9.91. The molecule has 4 aromatic heterocycles. The van der Waals surface area contributed by atoms with Crippen molar-refractivity contribution >= 4 is 109 Å². The van der Waals surface area contributed by atoms with E-state index in [9.17, 15) is 0 Å². The highest BCUT2D eigenvalue weighted by atomic mass is 32.1. The Labute approximate surface area is 495 Å². The summed E-state index contributed by atoms with van der Waals surface area (Å²) in [6, 6.07) is 102. The first-order valence-electron chi connectivity index (χ1n) is 28.3. The van der Waals surface area contributed by atoms with Crippen LogP contribution in [0.3, 0.4) is 0 Å². The van der Waals surface area contributed by atoms with Crippen molar-refractivity contribution in [3.8, 4) is 65.4 Å². The third-order valence-electron chi connectivity index (χ3n) is 16.4. The molecule has 0 fully saturated rings. The second-order valence-electron chi connectivity index (χ2n) is 21.3. The molecule has 84 heavy (non-hydrogen) atoms. The lowest BCUT2D eigenvalue weighted by Crippen LogP contribution is -2.11. The standard InChI is InChI=1S/C78H50N4S2/c1-5-15-53(16-6-1)75-67-35-31-63(49-71(67)83-77(75)57-19-9-3-10-20-57)81(61-25-13-23-59(47-61)51-39-43-79-44-40-51)69-37-29-55-28-34-66-70(38-30-56-27-33-65(69)73(55)74(56)66)82(62-26-14-24-60(48-62)52-41-45-80-46-42-52)64-32-36-68-72(50-64)84-78(58-21-11-4-12-22-58)76(68)54-17-7-2-8-18-54/h1-50H. The van der Waals surface area contributed by atoms with Gasteiger partial charge in [0.15, 0.2) is 0 Å². The summed E-state index contributed by atoms with van der Waals surface area (Å²) in [4.78, 5) is 16.2. The normalized spacial score (nSPS) is 11.6. The molecule has 394 valence electrons. The van der Waals surface area contributed by atoms with Crippen molar-refractivity contribution in [3.05, 3.63) is 304 Å². The second-order valence-corrected chi connectivity index (χ2v) is 23.4. The van der Waals surface area contributed by atoms with E-state index in [1.165, 1.54) is 95.6 Å². The minimum absolute atomic E-state index is 1.07. The molecule has 0 aliphatic carbocycles. The van der Waals surface area contributed by atoms with Crippen LogP contribution in [-0.2, 0) is 0 Å².